The number of nitrogens with zero attached hydrogens (tertiary/aromatic N) is 5. The number of rotatable bonds is 10. The van der Waals surface area contributed by atoms with Gasteiger partial charge in [-0.05, 0) is 32.3 Å². The molecule has 3 heterocycles. The predicted octanol–water partition coefficient (Wildman–Crippen LogP) is 4.21. The van der Waals surface area contributed by atoms with Crippen LogP contribution in [0.2, 0.25) is 0 Å². The van der Waals surface area contributed by atoms with Gasteiger partial charge < -0.3 is 34.9 Å². The van der Waals surface area contributed by atoms with E-state index in [1.165, 1.54) is 12.3 Å². The summed E-state index contributed by atoms with van der Waals surface area (Å²) in [6, 6.07) is 11.6. The molecule has 1 amide bonds. The summed E-state index contributed by atoms with van der Waals surface area (Å²) >= 11 is 0. The summed E-state index contributed by atoms with van der Waals surface area (Å²) in [7, 11) is 5.53. The molecule has 4 aromatic rings. The Kier molecular flexibility index (Phi) is 7.52. The molecule has 204 valence electrons. The van der Waals surface area contributed by atoms with E-state index in [2.05, 4.69) is 43.0 Å². The first-order valence-electron chi connectivity index (χ1n) is 12.7. The molecule has 0 spiro atoms. The average Bonchev–Trinajstić information content (AvgIpc) is 3.34. The van der Waals surface area contributed by atoms with E-state index < -0.39 is 0 Å². The number of hydrogen-bond donors (Lipinski definition) is 3. The first-order valence-corrected chi connectivity index (χ1v) is 12.7. The zero-order chi connectivity index (χ0) is 28.2. The third kappa shape index (κ3) is 5.25. The largest absolute Gasteiger partial charge is 0.494 e. The Bertz CT molecular complexity index is 1640. The fourth-order valence-corrected chi connectivity index (χ4v) is 4.60. The van der Waals surface area contributed by atoms with Crippen molar-refractivity contribution in [2.75, 3.05) is 56.9 Å². The minimum atomic E-state index is -0.346. The van der Waals surface area contributed by atoms with E-state index in [1.54, 1.807) is 19.2 Å². The van der Waals surface area contributed by atoms with Gasteiger partial charge in [0.2, 0.25) is 11.9 Å². The second kappa shape index (κ2) is 11.3. The van der Waals surface area contributed by atoms with Crippen LogP contribution in [0.5, 0.6) is 11.5 Å². The van der Waals surface area contributed by atoms with Gasteiger partial charge in [0, 0.05) is 36.3 Å². The molecular formula is C29H30N8O3. The molecule has 40 heavy (non-hydrogen) atoms. The Labute approximate surface area is 232 Å². The van der Waals surface area contributed by atoms with E-state index in [1.807, 2.05) is 38.5 Å². The molecule has 3 N–H and O–H groups in total. The lowest BCUT2D eigenvalue weighted by atomic mass is 10.1. The number of benzene rings is 2. The minimum Gasteiger partial charge on any atom is -0.494 e. The number of likely N-dealkylation sites (N-methyl/N-ethyl adjacent to an activating group) is 1. The van der Waals surface area contributed by atoms with Crippen LogP contribution in [0.4, 0.5) is 23.0 Å². The van der Waals surface area contributed by atoms with Crippen LogP contribution in [0, 0.1) is 11.3 Å². The zero-order valence-electron chi connectivity index (χ0n) is 22.6. The molecule has 0 unspecified atom stereocenters. The summed E-state index contributed by atoms with van der Waals surface area (Å²) in [4.78, 5) is 23.4. The zero-order valence-corrected chi connectivity index (χ0v) is 22.6. The van der Waals surface area contributed by atoms with Gasteiger partial charge in [0.1, 0.15) is 24.2 Å². The topological polar surface area (TPSA) is 129 Å². The number of methoxy groups -OCH3 is 1. The van der Waals surface area contributed by atoms with Gasteiger partial charge in [-0.25, -0.2) is 9.97 Å². The number of carbonyl (C=O) groups excluding carboxylic acids is 1. The fourth-order valence-electron chi connectivity index (χ4n) is 4.60. The van der Waals surface area contributed by atoms with E-state index in [9.17, 15) is 10.1 Å². The van der Waals surface area contributed by atoms with Crippen LogP contribution in [0.1, 0.15) is 5.56 Å². The van der Waals surface area contributed by atoms with Crippen LogP contribution < -0.4 is 25.4 Å². The van der Waals surface area contributed by atoms with Crippen molar-refractivity contribution in [1.29, 1.82) is 5.26 Å². The highest BCUT2D eigenvalue weighted by atomic mass is 16.5. The Balaban J connectivity index is 1.54. The number of nitrogens with one attached hydrogen (secondary N) is 3. The van der Waals surface area contributed by atoms with Crippen molar-refractivity contribution < 1.29 is 14.3 Å². The van der Waals surface area contributed by atoms with Crippen molar-refractivity contribution in [1.82, 2.24) is 19.4 Å². The number of ether oxygens (including phenoxy) is 2. The van der Waals surface area contributed by atoms with Crippen molar-refractivity contribution >= 4 is 39.8 Å². The fraction of sp³-hybridized carbons (Fsp3) is 0.241. The van der Waals surface area contributed by atoms with E-state index in [0.717, 1.165) is 28.8 Å². The van der Waals surface area contributed by atoms with Crippen molar-refractivity contribution in [2.45, 2.75) is 6.54 Å². The molecule has 0 fully saturated rings. The van der Waals surface area contributed by atoms with Gasteiger partial charge in [-0.1, -0.05) is 18.7 Å². The first-order chi connectivity index (χ1) is 19.4. The maximum absolute atomic E-state index is 12.2. The second-order valence-corrected chi connectivity index (χ2v) is 9.45. The predicted molar refractivity (Wildman–Crippen MR) is 155 cm³/mol. The third-order valence-electron chi connectivity index (χ3n) is 6.52. The van der Waals surface area contributed by atoms with E-state index in [-0.39, 0.29) is 11.9 Å². The number of para-hydroxylation sites is 1. The molecule has 5 rings (SSSR count). The molecule has 0 bridgehead atoms. The van der Waals surface area contributed by atoms with Crippen LogP contribution in [0.25, 0.3) is 22.2 Å². The molecule has 2 aromatic carbocycles. The molecule has 1 aliphatic heterocycles. The molecule has 11 nitrogen and oxygen atoms in total. The van der Waals surface area contributed by atoms with Gasteiger partial charge in [-0.15, -0.1) is 0 Å². The van der Waals surface area contributed by atoms with Gasteiger partial charge in [0.05, 0.1) is 53.7 Å². The number of nitriles is 1. The highest BCUT2D eigenvalue weighted by Crippen LogP contribution is 2.39. The maximum Gasteiger partial charge on any atom is 0.247 e. The molecule has 2 aromatic heterocycles. The highest BCUT2D eigenvalue weighted by Gasteiger charge is 2.21. The number of anilines is 4. The summed E-state index contributed by atoms with van der Waals surface area (Å²) in [5, 5.41) is 20.2. The minimum absolute atomic E-state index is 0.268. The third-order valence-corrected chi connectivity index (χ3v) is 6.52. The normalized spacial score (nSPS) is 12.0. The first kappa shape index (κ1) is 26.5. The summed E-state index contributed by atoms with van der Waals surface area (Å²) < 4.78 is 13.6. The number of hydrogen-bond acceptors (Lipinski definition) is 9. The summed E-state index contributed by atoms with van der Waals surface area (Å²) in [6.07, 6.45) is 4.71. The van der Waals surface area contributed by atoms with E-state index in [4.69, 9.17) is 14.5 Å². The van der Waals surface area contributed by atoms with E-state index in [0.29, 0.717) is 53.8 Å². The van der Waals surface area contributed by atoms with Crippen LogP contribution in [-0.4, -0.2) is 66.2 Å². The van der Waals surface area contributed by atoms with Crippen molar-refractivity contribution in [3.8, 4) is 28.8 Å². The van der Waals surface area contributed by atoms with Crippen LogP contribution >= 0.6 is 0 Å². The summed E-state index contributed by atoms with van der Waals surface area (Å²) in [5.41, 5.74) is 4.40. The van der Waals surface area contributed by atoms with E-state index >= 15 is 0 Å². The van der Waals surface area contributed by atoms with Crippen LogP contribution in [0.15, 0.2) is 55.4 Å². The SMILES string of the molecule is C=CC(=O)Nc1cc(Nc2ncc(C#N)c(-c3cn4c5c(cccc35)OCC4)n2)c(OC)cc1NCCN(C)C. The van der Waals surface area contributed by atoms with Crippen LogP contribution in [-0.2, 0) is 11.3 Å². The van der Waals surface area contributed by atoms with Crippen molar-refractivity contribution in [3.05, 3.63) is 60.9 Å². The molecule has 0 saturated heterocycles. The van der Waals surface area contributed by atoms with Crippen molar-refractivity contribution in [3.63, 3.8) is 0 Å². The summed E-state index contributed by atoms with van der Waals surface area (Å²) in [6.45, 7) is 6.28. The highest BCUT2D eigenvalue weighted by molar-refractivity contribution is 6.02. The lowest BCUT2D eigenvalue weighted by molar-refractivity contribution is -0.111. The Hall–Kier alpha value is -5.08. The quantitative estimate of drug-likeness (QED) is 0.254. The number of aromatic nitrogens is 3. The molecule has 0 saturated carbocycles. The van der Waals surface area contributed by atoms with Gasteiger partial charge in [0.25, 0.3) is 0 Å². The van der Waals surface area contributed by atoms with Crippen LogP contribution in [0.3, 0.4) is 0 Å². The lowest BCUT2D eigenvalue weighted by Crippen LogP contribution is -2.21. The summed E-state index contributed by atoms with van der Waals surface area (Å²) in [5.74, 6) is 1.24. The Morgan fingerprint density at radius 2 is 2.15 bits per heavy atom. The lowest BCUT2D eigenvalue weighted by Gasteiger charge is -2.19. The van der Waals surface area contributed by atoms with Gasteiger partial charge in [-0.3, -0.25) is 4.79 Å². The molecule has 11 heteroatoms. The second-order valence-electron chi connectivity index (χ2n) is 9.45. The van der Waals surface area contributed by atoms with Gasteiger partial charge in [-0.2, -0.15) is 5.26 Å². The number of carbonyl (C=O) groups is 1. The van der Waals surface area contributed by atoms with Crippen molar-refractivity contribution in [2.24, 2.45) is 0 Å². The Morgan fingerprint density at radius 3 is 2.90 bits per heavy atom. The standard InChI is InChI=1S/C29H30N8O3/c1-5-26(38)33-22-13-23(25(39-4)14-21(22)31-9-10-36(2)3)34-29-32-16-18(15-30)27(35-29)20-17-37-11-12-40-24-8-6-7-19(20)28(24)37/h5-8,13-14,16-17,31H,1,9-12H2,2-4H3,(H,33,38)(H,32,34,35). The average molecular weight is 539 g/mol. The molecule has 0 aliphatic carbocycles. The van der Waals surface area contributed by atoms with Gasteiger partial charge in [0.15, 0.2) is 0 Å². The number of amides is 1. The molecule has 0 radical (unpaired) electrons. The van der Waals surface area contributed by atoms with Gasteiger partial charge >= 0.3 is 0 Å². The molecule has 0 atom stereocenters. The smallest absolute Gasteiger partial charge is 0.247 e. The molecule has 1 aliphatic rings. The maximum atomic E-state index is 12.2. The Morgan fingerprint density at radius 1 is 1.30 bits per heavy atom. The monoisotopic (exact) mass is 538 g/mol. The molecular weight excluding hydrogens is 508 g/mol.